The van der Waals surface area contributed by atoms with Gasteiger partial charge >= 0.3 is 0 Å². The molecule has 3 aliphatic heterocycles. The van der Waals surface area contributed by atoms with Crippen molar-refractivity contribution in [3.63, 3.8) is 0 Å². The lowest BCUT2D eigenvalue weighted by atomic mass is 9.48. The number of fused-ring (bicyclic) bond motifs is 13. The SMILES string of the molecule is C1CCC(C2(C3CCCCC3)C3CCCCC3C3CCC(N(C4CCC(C5CCCC6C7CCC8SC9CCCCC9C8C7OC56)CC4)C4CCC5C(C4)OC4CCCCC45)CC32)CC1. The van der Waals surface area contributed by atoms with Gasteiger partial charge in [0.15, 0.2) is 0 Å². The van der Waals surface area contributed by atoms with Crippen molar-refractivity contribution in [3.05, 3.63) is 0 Å². The normalized spacial score (nSPS) is 53.2. The van der Waals surface area contributed by atoms with Crippen molar-refractivity contribution in [1.29, 1.82) is 0 Å². The van der Waals surface area contributed by atoms with Gasteiger partial charge < -0.3 is 9.47 Å². The van der Waals surface area contributed by atoms with Crippen molar-refractivity contribution in [2.45, 2.75) is 291 Å². The van der Waals surface area contributed by atoms with Gasteiger partial charge in [-0.25, -0.2) is 0 Å². The zero-order valence-corrected chi connectivity index (χ0v) is 42.4. The monoisotopic (exact) mass is 908 g/mol. The van der Waals surface area contributed by atoms with Crippen LogP contribution >= 0.6 is 11.8 Å². The van der Waals surface area contributed by atoms with Gasteiger partial charge in [-0.15, -0.1) is 0 Å². The minimum absolute atomic E-state index is 0.568. The van der Waals surface area contributed by atoms with Gasteiger partial charge in [-0.3, -0.25) is 4.90 Å². The number of nitrogens with zero attached hydrogens (tertiary/aromatic N) is 1. The maximum atomic E-state index is 7.70. The summed E-state index contributed by atoms with van der Waals surface area (Å²) in [5.41, 5.74) is 0.686. The Balaban J connectivity index is 0.740. The molecule has 11 aliphatic carbocycles. The van der Waals surface area contributed by atoms with Crippen molar-refractivity contribution < 1.29 is 9.47 Å². The van der Waals surface area contributed by atoms with Crippen LogP contribution in [0.2, 0.25) is 0 Å². The van der Waals surface area contributed by atoms with Crippen LogP contribution in [0, 0.1) is 88.3 Å². The number of hydrogen-bond acceptors (Lipinski definition) is 4. The lowest BCUT2D eigenvalue weighted by molar-refractivity contribution is -0.0980. The van der Waals surface area contributed by atoms with E-state index in [1.807, 2.05) is 0 Å². The zero-order valence-electron chi connectivity index (χ0n) is 41.6. The quantitative estimate of drug-likeness (QED) is 0.265. The third kappa shape index (κ3) is 7.33. The molecule has 364 valence electrons. The van der Waals surface area contributed by atoms with Crippen LogP contribution in [0.15, 0.2) is 0 Å². The number of ether oxygens (including phenoxy) is 2. The van der Waals surface area contributed by atoms with Crippen LogP contribution in [0.25, 0.3) is 0 Å². The van der Waals surface area contributed by atoms with Gasteiger partial charge in [0.2, 0.25) is 0 Å². The van der Waals surface area contributed by atoms with Crippen molar-refractivity contribution in [1.82, 2.24) is 4.90 Å². The third-order valence-electron chi connectivity index (χ3n) is 25.6. The molecule has 3 nitrogen and oxygen atoms in total. The molecule has 14 rings (SSSR count). The molecular weight excluding hydrogens is 811 g/mol. The summed E-state index contributed by atoms with van der Waals surface area (Å²) in [5, 5.41) is 1.90. The molecule has 0 bridgehead atoms. The van der Waals surface area contributed by atoms with Crippen LogP contribution in [0.1, 0.15) is 238 Å². The Kier molecular flexibility index (Phi) is 12.4. The van der Waals surface area contributed by atoms with E-state index in [1.165, 1.54) is 148 Å². The van der Waals surface area contributed by atoms with Crippen LogP contribution in [0.4, 0.5) is 0 Å². The Labute approximate surface area is 403 Å². The molecule has 0 aromatic rings. The Morgan fingerprint density at radius 2 is 0.908 bits per heavy atom. The van der Waals surface area contributed by atoms with E-state index in [0.29, 0.717) is 29.8 Å². The molecule has 11 saturated carbocycles. The Hall–Kier alpha value is 0.230. The molecule has 3 saturated heterocycles. The molecule has 19 unspecified atom stereocenters. The van der Waals surface area contributed by atoms with E-state index in [4.69, 9.17) is 9.47 Å². The summed E-state index contributed by atoms with van der Waals surface area (Å²) in [4.78, 5) is 3.46. The Morgan fingerprint density at radius 1 is 0.338 bits per heavy atom. The van der Waals surface area contributed by atoms with Gasteiger partial charge in [-0.05, 0) is 236 Å². The van der Waals surface area contributed by atoms with Crippen LogP contribution in [-0.2, 0) is 9.47 Å². The Morgan fingerprint density at radius 3 is 1.71 bits per heavy atom. The molecular formula is C61H97NO2S. The van der Waals surface area contributed by atoms with Gasteiger partial charge in [0.25, 0.3) is 0 Å². The smallest absolute Gasteiger partial charge is 0.0652 e. The van der Waals surface area contributed by atoms with Crippen molar-refractivity contribution in [2.24, 2.45) is 88.3 Å². The summed E-state index contributed by atoms with van der Waals surface area (Å²) < 4.78 is 14.9. The highest BCUT2D eigenvalue weighted by molar-refractivity contribution is 8.00. The highest BCUT2D eigenvalue weighted by Crippen LogP contribution is 2.72. The zero-order chi connectivity index (χ0) is 42.6. The predicted molar refractivity (Wildman–Crippen MR) is 268 cm³/mol. The van der Waals surface area contributed by atoms with E-state index in [1.54, 1.807) is 89.9 Å². The summed E-state index contributed by atoms with van der Waals surface area (Å²) in [6.07, 6.45) is 58.8. The molecule has 19 atom stereocenters. The molecule has 65 heavy (non-hydrogen) atoms. The van der Waals surface area contributed by atoms with Gasteiger partial charge in [0.05, 0.1) is 24.4 Å². The van der Waals surface area contributed by atoms with Gasteiger partial charge in [0.1, 0.15) is 0 Å². The fourth-order valence-electron chi connectivity index (χ4n) is 23.7. The van der Waals surface area contributed by atoms with Crippen LogP contribution in [0.3, 0.4) is 0 Å². The molecule has 0 aromatic carbocycles. The number of hydrogen-bond donors (Lipinski definition) is 0. The summed E-state index contributed by atoms with van der Waals surface area (Å²) in [6.45, 7) is 0. The second-order valence-electron chi connectivity index (χ2n) is 27.6. The fourth-order valence-corrected chi connectivity index (χ4v) is 25.8. The largest absolute Gasteiger partial charge is 0.374 e. The van der Waals surface area contributed by atoms with E-state index in [2.05, 4.69) is 16.7 Å². The van der Waals surface area contributed by atoms with Gasteiger partial charge in [0, 0.05) is 34.5 Å². The van der Waals surface area contributed by atoms with E-state index in [-0.39, 0.29) is 0 Å². The van der Waals surface area contributed by atoms with Crippen molar-refractivity contribution >= 4 is 11.8 Å². The average Bonchev–Trinajstić information content (AvgIpc) is 4.13. The number of rotatable bonds is 6. The first-order chi connectivity index (χ1) is 32.2. The predicted octanol–water partition coefficient (Wildman–Crippen LogP) is 15.6. The first kappa shape index (κ1) is 44.0. The van der Waals surface area contributed by atoms with Crippen LogP contribution in [0.5, 0.6) is 0 Å². The molecule has 14 fully saturated rings. The van der Waals surface area contributed by atoms with Crippen molar-refractivity contribution in [3.8, 4) is 0 Å². The van der Waals surface area contributed by atoms with E-state index >= 15 is 0 Å². The summed E-state index contributed by atoms with van der Waals surface area (Å²) in [6, 6.07) is 2.45. The second-order valence-corrected chi connectivity index (χ2v) is 29.1. The van der Waals surface area contributed by atoms with Crippen LogP contribution in [-0.4, -0.2) is 57.9 Å². The highest BCUT2D eigenvalue weighted by Gasteiger charge is 2.67. The molecule has 4 heteroatoms. The van der Waals surface area contributed by atoms with Crippen LogP contribution < -0.4 is 0 Å². The molecule has 0 N–H and O–H groups in total. The maximum Gasteiger partial charge on any atom is 0.0652 e. The maximum absolute atomic E-state index is 7.70. The third-order valence-corrected chi connectivity index (χ3v) is 27.5. The standard InChI is InChI=1S/C61H97NO2S/c1-3-14-39(15-4-1)61(40-16-5-2-6-17-40)52-23-10-7-18-45(52)46-32-30-42(36-53(46)61)62(43-31-33-48-47-19-8-11-24-54(47)63-55(48)37-43)41-28-26-38(27-29-41)44-21-13-22-49-50-34-35-57-58(60(50)64-59(44)49)51-20-9-12-25-56(51)65-57/h38-60H,1-37H2. The molecule has 14 aliphatic rings. The summed E-state index contributed by atoms with van der Waals surface area (Å²) in [5.74, 6) is 13.6. The topological polar surface area (TPSA) is 21.7 Å². The highest BCUT2D eigenvalue weighted by atomic mass is 32.2. The summed E-state index contributed by atoms with van der Waals surface area (Å²) in [7, 11) is 0. The van der Waals surface area contributed by atoms with E-state index in [0.717, 1.165) is 111 Å². The molecule has 0 aromatic heterocycles. The summed E-state index contributed by atoms with van der Waals surface area (Å²) >= 11 is 2.46. The first-order valence-electron chi connectivity index (χ1n) is 31.0. The molecule has 0 radical (unpaired) electrons. The second kappa shape index (κ2) is 18.4. The lowest BCUT2D eigenvalue weighted by Gasteiger charge is -2.58. The minimum atomic E-state index is 0.568. The first-order valence-corrected chi connectivity index (χ1v) is 31.9. The minimum Gasteiger partial charge on any atom is -0.374 e. The van der Waals surface area contributed by atoms with E-state index in [9.17, 15) is 0 Å². The van der Waals surface area contributed by atoms with Crippen molar-refractivity contribution in [2.75, 3.05) is 0 Å². The van der Waals surface area contributed by atoms with Gasteiger partial charge in [-0.2, -0.15) is 11.8 Å². The number of thioether (sulfide) groups is 1. The molecule has 0 amide bonds. The van der Waals surface area contributed by atoms with E-state index < -0.39 is 0 Å². The molecule has 0 spiro atoms. The fraction of sp³-hybridized carbons (Fsp3) is 1.00. The Bertz CT molecular complexity index is 1610. The average molecular weight is 909 g/mol. The van der Waals surface area contributed by atoms with Gasteiger partial charge in [-0.1, -0.05) is 83.5 Å². The molecule has 3 heterocycles. The lowest BCUT2D eigenvalue weighted by Crippen LogP contribution is -2.57.